The molecule has 0 unspecified atom stereocenters. The molecule has 2 aromatic rings. The van der Waals surface area contributed by atoms with Crippen molar-refractivity contribution >= 4 is 40.3 Å². The zero-order valence-electron chi connectivity index (χ0n) is 16.3. The van der Waals surface area contributed by atoms with E-state index in [9.17, 15) is 14.7 Å². The van der Waals surface area contributed by atoms with Crippen LogP contribution in [0.1, 0.15) is 31.1 Å². The molecule has 0 aliphatic rings. The fourth-order valence-corrected chi connectivity index (χ4v) is 3.17. The molecule has 4 N–H and O–H groups in total. The Morgan fingerprint density at radius 1 is 1.17 bits per heavy atom. The molecule has 0 heterocycles. The number of rotatable bonds is 6. The number of amides is 2. The molecule has 2 amide bonds. The van der Waals surface area contributed by atoms with E-state index in [0.29, 0.717) is 11.3 Å². The van der Waals surface area contributed by atoms with Crippen LogP contribution in [0.15, 0.2) is 54.6 Å². The van der Waals surface area contributed by atoms with E-state index < -0.39 is 23.5 Å². The van der Waals surface area contributed by atoms with Crippen LogP contribution in [-0.2, 0) is 9.53 Å². The zero-order chi connectivity index (χ0) is 21.6. The molecule has 2 aromatic carbocycles. The minimum Gasteiger partial charge on any atom is -0.508 e. The predicted molar refractivity (Wildman–Crippen MR) is 118 cm³/mol. The topological polar surface area (TPSA) is 108 Å². The summed E-state index contributed by atoms with van der Waals surface area (Å²) in [6.45, 7) is 5.43. The normalized spacial score (nSPS) is 12.4. The zero-order valence-corrected chi connectivity index (χ0v) is 18.4. The standard InChI is InChI=1S/C21H23IN2O5/c1-13-4-7-15(8-5-13)23-20(27)29-19(16-12-14(22)6-9-17(16)25)21(2,3)11-10-18(26)24-28/h4-12,19,25,28H,1-3H3,(H,23,27)(H,24,26)/b11-10+/t19-/m0/s1. The Bertz CT molecular complexity index is 910. The van der Waals surface area contributed by atoms with Gasteiger partial charge in [-0.1, -0.05) is 37.6 Å². The van der Waals surface area contributed by atoms with Crippen molar-refractivity contribution in [2.45, 2.75) is 26.9 Å². The van der Waals surface area contributed by atoms with Gasteiger partial charge in [-0.3, -0.25) is 15.3 Å². The fourth-order valence-electron chi connectivity index (χ4n) is 2.66. The van der Waals surface area contributed by atoms with Gasteiger partial charge in [0.15, 0.2) is 0 Å². The number of phenols is 1. The highest BCUT2D eigenvalue weighted by Crippen LogP contribution is 2.42. The molecule has 0 saturated carbocycles. The molecule has 1 atom stereocenters. The van der Waals surface area contributed by atoms with Crippen molar-refractivity contribution in [2.75, 3.05) is 5.32 Å². The summed E-state index contributed by atoms with van der Waals surface area (Å²) in [6, 6.07) is 12.2. The van der Waals surface area contributed by atoms with Crippen molar-refractivity contribution in [2.24, 2.45) is 5.41 Å². The van der Waals surface area contributed by atoms with Gasteiger partial charge in [0, 0.05) is 26.3 Å². The van der Waals surface area contributed by atoms with Crippen molar-refractivity contribution in [3.05, 3.63) is 69.3 Å². The first kappa shape index (κ1) is 22.7. The monoisotopic (exact) mass is 510 g/mol. The Morgan fingerprint density at radius 2 is 1.83 bits per heavy atom. The third kappa shape index (κ3) is 6.47. The largest absolute Gasteiger partial charge is 0.508 e. The van der Waals surface area contributed by atoms with E-state index in [1.54, 1.807) is 38.1 Å². The first-order chi connectivity index (χ1) is 13.6. The van der Waals surface area contributed by atoms with E-state index in [0.717, 1.165) is 15.2 Å². The molecule has 0 spiro atoms. The number of hydroxylamine groups is 1. The van der Waals surface area contributed by atoms with Gasteiger partial charge in [0.2, 0.25) is 0 Å². The van der Waals surface area contributed by atoms with Crippen molar-refractivity contribution in [1.82, 2.24) is 5.48 Å². The summed E-state index contributed by atoms with van der Waals surface area (Å²) >= 11 is 2.09. The molecule has 0 saturated heterocycles. The lowest BCUT2D eigenvalue weighted by atomic mass is 9.81. The third-order valence-corrected chi connectivity index (χ3v) is 4.92. The van der Waals surface area contributed by atoms with Crippen LogP contribution in [0, 0.1) is 15.9 Å². The van der Waals surface area contributed by atoms with E-state index in [2.05, 4.69) is 27.9 Å². The number of carbonyl (C=O) groups excluding carboxylic acids is 2. The lowest BCUT2D eigenvalue weighted by molar-refractivity contribution is -0.124. The van der Waals surface area contributed by atoms with Crippen LogP contribution in [-0.4, -0.2) is 22.3 Å². The van der Waals surface area contributed by atoms with Crippen molar-refractivity contribution in [3.8, 4) is 5.75 Å². The second kappa shape index (κ2) is 9.75. The minimum atomic E-state index is -0.912. The van der Waals surface area contributed by atoms with Gasteiger partial charge >= 0.3 is 6.09 Å². The maximum absolute atomic E-state index is 12.6. The van der Waals surface area contributed by atoms with Crippen molar-refractivity contribution in [1.29, 1.82) is 0 Å². The molecule has 29 heavy (non-hydrogen) atoms. The second-order valence-electron chi connectivity index (χ2n) is 7.11. The number of aryl methyl sites for hydroxylation is 1. The van der Waals surface area contributed by atoms with Gasteiger partial charge in [0.05, 0.1) is 0 Å². The Hall–Kier alpha value is -2.59. The summed E-state index contributed by atoms with van der Waals surface area (Å²) in [6.07, 6.45) is 1.02. The SMILES string of the molecule is Cc1ccc(NC(=O)O[C@@H](c2cc(I)ccc2O)C(C)(C)/C=C/C(=O)NO)cc1. The fraction of sp³-hybridized carbons (Fsp3) is 0.238. The van der Waals surface area contributed by atoms with Gasteiger partial charge in [-0.05, 0) is 59.8 Å². The molecule has 0 bridgehead atoms. The first-order valence-electron chi connectivity index (χ1n) is 8.78. The van der Waals surface area contributed by atoms with Gasteiger partial charge in [0.25, 0.3) is 5.91 Å². The molecule has 8 heteroatoms. The first-order valence-corrected chi connectivity index (χ1v) is 9.86. The Labute approximate surface area is 182 Å². The Balaban J connectivity index is 2.34. The average Bonchev–Trinajstić information content (AvgIpc) is 2.68. The third-order valence-electron chi connectivity index (χ3n) is 4.25. The average molecular weight is 510 g/mol. The van der Waals surface area contributed by atoms with Crippen molar-refractivity contribution in [3.63, 3.8) is 0 Å². The van der Waals surface area contributed by atoms with Crippen molar-refractivity contribution < 1.29 is 24.6 Å². The summed E-state index contributed by atoms with van der Waals surface area (Å²) in [5, 5.41) is 21.7. The van der Waals surface area contributed by atoms with Gasteiger partial charge in [-0.25, -0.2) is 10.3 Å². The molecular formula is C21H23IN2O5. The summed E-state index contributed by atoms with van der Waals surface area (Å²) < 4.78 is 6.52. The van der Waals surface area contributed by atoms with Crippen LogP contribution < -0.4 is 10.8 Å². The van der Waals surface area contributed by atoms with Gasteiger partial charge in [-0.2, -0.15) is 0 Å². The molecule has 0 aliphatic carbocycles. The maximum atomic E-state index is 12.6. The Morgan fingerprint density at radius 3 is 2.45 bits per heavy atom. The molecule has 0 radical (unpaired) electrons. The maximum Gasteiger partial charge on any atom is 0.412 e. The minimum absolute atomic E-state index is 0.0355. The molecule has 154 valence electrons. The van der Waals surface area contributed by atoms with E-state index in [1.807, 2.05) is 19.1 Å². The highest BCUT2D eigenvalue weighted by molar-refractivity contribution is 14.1. The smallest absolute Gasteiger partial charge is 0.412 e. The number of nitrogens with one attached hydrogen (secondary N) is 2. The molecule has 0 aliphatic heterocycles. The number of anilines is 1. The van der Waals surface area contributed by atoms with E-state index >= 15 is 0 Å². The number of phenolic OH excluding ortho intramolecular Hbond substituents is 1. The second-order valence-corrected chi connectivity index (χ2v) is 8.36. The van der Waals surface area contributed by atoms with E-state index in [1.165, 1.54) is 17.6 Å². The number of benzene rings is 2. The summed E-state index contributed by atoms with van der Waals surface area (Å²) in [5.74, 6) is -0.751. The predicted octanol–water partition coefficient (Wildman–Crippen LogP) is 4.68. The van der Waals surface area contributed by atoms with E-state index in [-0.39, 0.29) is 5.75 Å². The number of aromatic hydroxyl groups is 1. The summed E-state index contributed by atoms with van der Waals surface area (Å²) in [5.41, 5.74) is 2.65. The quantitative estimate of drug-likeness (QED) is 0.195. The number of halogens is 1. The van der Waals surface area contributed by atoms with Gasteiger partial charge < -0.3 is 9.84 Å². The number of hydrogen-bond donors (Lipinski definition) is 4. The van der Waals surface area contributed by atoms with Crippen LogP contribution >= 0.6 is 22.6 Å². The number of hydrogen-bond acceptors (Lipinski definition) is 5. The number of carbonyl (C=O) groups is 2. The lowest BCUT2D eigenvalue weighted by Gasteiger charge is -2.32. The molecule has 0 fully saturated rings. The Kier molecular flexibility index (Phi) is 7.63. The van der Waals surface area contributed by atoms with Crippen LogP contribution in [0.2, 0.25) is 0 Å². The highest BCUT2D eigenvalue weighted by Gasteiger charge is 2.34. The molecule has 2 rings (SSSR count). The summed E-state index contributed by atoms with van der Waals surface area (Å²) in [7, 11) is 0. The van der Waals surface area contributed by atoms with Crippen LogP contribution in [0.4, 0.5) is 10.5 Å². The number of ether oxygens (including phenoxy) is 1. The summed E-state index contributed by atoms with van der Waals surface area (Å²) in [4.78, 5) is 24.0. The molecule has 0 aromatic heterocycles. The van der Waals surface area contributed by atoms with Crippen LogP contribution in [0.5, 0.6) is 5.75 Å². The van der Waals surface area contributed by atoms with Gasteiger partial charge in [0.1, 0.15) is 11.9 Å². The lowest BCUT2D eigenvalue weighted by Crippen LogP contribution is -2.28. The molecule has 7 nitrogen and oxygen atoms in total. The van der Waals surface area contributed by atoms with Crippen LogP contribution in [0.3, 0.4) is 0 Å². The molecular weight excluding hydrogens is 487 g/mol. The van der Waals surface area contributed by atoms with Crippen LogP contribution in [0.25, 0.3) is 0 Å². The van der Waals surface area contributed by atoms with Gasteiger partial charge in [-0.15, -0.1) is 0 Å². The van der Waals surface area contributed by atoms with E-state index in [4.69, 9.17) is 9.94 Å². The highest BCUT2D eigenvalue weighted by atomic mass is 127.